The summed E-state index contributed by atoms with van der Waals surface area (Å²) in [6, 6.07) is 30.2. The molecule has 0 fully saturated rings. The van der Waals surface area contributed by atoms with Crippen molar-refractivity contribution in [1.29, 1.82) is 0 Å². The maximum atomic E-state index is 14.3. The molecule has 1 aliphatic heterocycles. The van der Waals surface area contributed by atoms with Gasteiger partial charge in [-0.05, 0) is 28.8 Å². The predicted octanol–water partition coefficient (Wildman–Crippen LogP) is 5.03. The first kappa shape index (κ1) is 25.5. The van der Waals surface area contributed by atoms with E-state index in [1.807, 2.05) is 60.7 Å². The summed E-state index contributed by atoms with van der Waals surface area (Å²) < 4.78 is 0. The molecule has 5 rings (SSSR count). The van der Waals surface area contributed by atoms with Gasteiger partial charge in [0.05, 0.1) is 16.1 Å². The van der Waals surface area contributed by atoms with Crippen molar-refractivity contribution in [1.82, 2.24) is 9.80 Å². The third-order valence-electron chi connectivity index (χ3n) is 6.74. The molecule has 39 heavy (non-hydrogen) atoms. The van der Waals surface area contributed by atoms with Crippen LogP contribution < -0.4 is 0 Å². The van der Waals surface area contributed by atoms with E-state index in [0.717, 1.165) is 16.0 Å². The molecule has 3 amide bonds. The average molecular weight is 520 g/mol. The van der Waals surface area contributed by atoms with Crippen LogP contribution in [-0.2, 0) is 24.3 Å². The summed E-state index contributed by atoms with van der Waals surface area (Å²) in [4.78, 5) is 54.6. The summed E-state index contributed by atoms with van der Waals surface area (Å²) in [6.07, 6.45) is 0.0162. The Bertz CT molecular complexity index is 1440. The van der Waals surface area contributed by atoms with Gasteiger partial charge in [0, 0.05) is 31.6 Å². The summed E-state index contributed by atoms with van der Waals surface area (Å²) in [5.41, 5.74) is 2.81. The summed E-state index contributed by atoms with van der Waals surface area (Å²) in [5, 5.41) is 11.1. The standard InChI is InChI=1S/C31H25N3O5/c35-29-26-13-7-8-14-27(26)30(36)33(29)28(19-22-15-17-25(18-16-22)34(38)39)31(37)32(20-23-9-3-1-4-10-23)21-24-11-5-2-6-12-24/h1-18,28H,19-21H2. The van der Waals surface area contributed by atoms with Crippen molar-refractivity contribution >= 4 is 23.4 Å². The molecule has 0 aromatic heterocycles. The summed E-state index contributed by atoms with van der Waals surface area (Å²) in [6.45, 7) is 0.545. The molecule has 1 atom stereocenters. The lowest BCUT2D eigenvalue weighted by Crippen LogP contribution is -2.51. The Morgan fingerprint density at radius 1 is 0.692 bits per heavy atom. The Labute approximate surface area is 225 Å². The van der Waals surface area contributed by atoms with Gasteiger partial charge in [-0.2, -0.15) is 0 Å². The van der Waals surface area contributed by atoms with Crippen LogP contribution in [0.3, 0.4) is 0 Å². The van der Waals surface area contributed by atoms with Gasteiger partial charge in [-0.25, -0.2) is 0 Å². The number of imide groups is 1. The minimum atomic E-state index is -1.15. The first-order valence-electron chi connectivity index (χ1n) is 12.5. The Morgan fingerprint density at radius 2 is 1.15 bits per heavy atom. The number of benzene rings is 4. The minimum absolute atomic E-state index is 0.0162. The normalized spacial score (nSPS) is 13.2. The summed E-state index contributed by atoms with van der Waals surface area (Å²) in [5.74, 6) is -1.46. The summed E-state index contributed by atoms with van der Waals surface area (Å²) >= 11 is 0. The van der Waals surface area contributed by atoms with Crippen molar-refractivity contribution in [2.45, 2.75) is 25.6 Å². The molecule has 0 N–H and O–H groups in total. The van der Waals surface area contributed by atoms with Crippen molar-refractivity contribution in [3.8, 4) is 0 Å². The van der Waals surface area contributed by atoms with Crippen LogP contribution in [0.2, 0.25) is 0 Å². The zero-order chi connectivity index (χ0) is 27.4. The van der Waals surface area contributed by atoms with Crippen LogP contribution in [0.15, 0.2) is 109 Å². The smallest absolute Gasteiger partial charge is 0.269 e. The maximum absolute atomic E-state index is 14.3. The van der Waals surface area contributed by atoms with E-state index in [1.165, 1.54) is 12.1 Å². The minimum Gasteiger partial charge on any atom is -0.332 e. The fraction of sp³-hybridized carbons (Fsp3) is 0.129. The Balaban J connectivity index is 1.53. The van der Waals surface area contributed by atoms with Crippen LogP contribution >= 0.6 is 0 Å². The first-order valence-corrected chi connectivity index (χ1v) is 12.5. The molecule has 8 nitrogen and oxygen atoms in total. The van der Waals surface area contributed by atoms with Crippen molar-refractivity contribution in [3.05, 3.63) is 147 Å². The number of rotatable bonds is 9. The van der Waals surface area contributed by atoms with Crippen LogP contribution in [-0.4, -0.2) is 38.5 Å². The van der Waals surface area contributed by atoms with Gasteiger partial charge in [-0.15, -0.1) is 0 Å². The number of carbonyl (C=O) groups is 3. The molecule has 0 bridgehead atoms. The van der Waals surface area contributed by atoms with E-state index in [4.69, 9.17) is 0 Å². The number of nitrogens with zero attached hydrogens (tertiary/aromatic N) is 3. The number of amides is 3. The highest BCUT2D eigenvalue weighted by molar-refractivity contribution is 6.22. The third kappa shape index (κ3) is 5.45. The number of hydrogen-bond donors (Lipinski definition) is 0. The van der Waals surface area contributed by atoms with Crippen molar-refractivity contribution in [3.63, 3.8) is 0 Å². The van der Waals surface area contributed by atoms with Crippen LogP contribution in [0.1, 0.15) is 37.4 Å². The molecule has 0 radical (unpaired) electrons. The van der Waals surface area contributed by atoms with Crippen molar-refractivity contribution < 1.29 is 19.3 Å². The van der Waals surface area contributed by atoms with E-state index in [-0.39, 0.29) is 36.3 Å². The van der Waals surface area contributed by atoms with E-state index in [1.54, 1.807) is 41.3 Å². The first-order chi connectivity index (χ1) is 18.9. The van der Waals surface area contributed by atoms with Crippen molar-refractivity contribution in [2.75, 3.05) is 0 Å². The molecule has 0 aliphatic carbocycles. The molecule has 1 heterocycles. The highest BCUT2D eigenvalue weighted by Crippen LogP contribution is 2.28. The molecule has 4 aromatic rings. The van der Waals surface area contributed by atoms with Gasteiger partial charge in [0.15, 0.2) is 0 Å². The SMILES string of the molecule is O=C(C(Cc1ccc([N+](=O)[O-])cc1)N1C(=O)c2ccccc2C1=O)N(Cc1ccccc1)Cc1ccccc1. The van der Waals surface area contributed by atoms with Gasteiger partial charge in [0.25, 0.3) is 17.5 Å². The van der Waals surface area contributed by atoms with Gasteiger partial charge in [0.2, 0.25) is 5.91 Å². The number of carbonyl (C=O) groups excluding carboxylic acids is 3. The van der Waals surface area contributed by atoms with Crippen LogP contribution in [0, 0.1) is 10.1 Å². The van der Waals surface area contributed by atoms with Gasteiger partial charge < -0.3 is 4.90 Å². The number of non-ortho nitro benzene ring substituents is 1. The quantitative estimate of drug-likeness (QED) is 0.175. The van der Waals surface area contributed by atoms with Crippen LogP contribution in [0.4, 0.5) is 5.69 Å². The summed E-state index contributed by atoms with van der Waals surface area (Å²) in [7, 11) is 0. The number of nitro benzene ring substituents is 1. The zero-order valence-corrected chi connectivity index (χ0v) is 21.0. The topological polar surface area (TPSA) is 101 Å². The fourth-order valence-electron chi connectivity index (χ4n) is 4.79. The fourth-order valence-corrected chi connectivity index (χ4v) is 4.79. The molecule has 4 aromatic carbocycles. The predicted molar refractivity (Wildman–Crippen MR) is 145 cm³/mol. The van der Waals surface area contributed by atoms with Crippen LogP contribution in [0.25, 0.3) is 0 Å². The molecule has 194 valence electrons. The Morgan fingerprint density at radius 3 is 1.62 bits per heavy atom. The zero-order valence-electron chi connectivity index (χ0n) is 21.0. The number of nitro groups is 1. The van der Waals surface area contributed by atoms with E-state index < -0.39 is 28.7 Å². The highest BCUT2D eigenvalue weighted by atomic mass is 16.6. The molecule has 0 saturated carbocycles. The second kappa shape index (κ2) is 11.1. The van der Waals surface area contributed by atoms with Gasteiger partial charge >= 0.3 is 0 Å². The van der Waals surface area contributed by atoms with Gasteiger partial charge in [0.1, 0.15) is 6.04 Å². The molecule has 8 heteroatoms. The number of fused-ring (bicyclic) bond motifs is 1. The molecule has 1 unspecified atom stereocenters. The van der Waals surface area contributed by atoms with Gasteiger partial charge in [-0.3, -0.25) is 29.4 Å². The lowest BCUT2D eigenvalue weighted by molar-refractivity contribution is -0.384. The van der Waals surface area contributed by atoms with E-state index in [0.29, 0.717) is 5.56 Å². The van der Waals surface area contributed by atoms with Crippen LogP contribution in [0.5, 0.6) is 0 Å². The molecular weight excluding hydrogens is 494 g/mol. The Hall–Kier alpha value is -5.11. The van der Waals surface area contributed by atoms with E-state index in [2.05, 4.69) is 0 Å². The van der Waals surface area contributed by atoms with E-state index >= 15 is 0 Å². The highest BCUT2D eigenvalue weighted by Gasteiger charge is 2.44. The molecule has 0 saturated heterocycles. The number of hydrogen-bond acceptors (Lipinski definition) is 5. The van der Waals surface area contributed by atoms with Gasteiger partial charge in [-0.1, -0.05) is 84.9 Å². The van der Waals surface area contributed by atoms with E-state index in [9.17, 15) is 24.5 Å². The second-order valence-electron chi connectivity index (χ2n) is 9.33. The lowest BCUT2D eigenvalue weighted by atomic mass is 10.0. The third-order valence-corrected chi connectivity index (χ3v) is 6.74. The maximum Gasteiger partial charge on any atom is 0.269 e. The Kier molecular flexibility index (Phi) is 7.27. The molecule has 1 aliphatic rings. The monoisotopic (exact) mass is 519 g/mol. The second-order valence-corrected chi connectivity index (χ2v) is 9.33. The lowest BCUT2D eigenvalue weighted by Gasteiger charge is -2.32. The largest absolute Gasteiger partial charge is 0.332 e. The van der Waals surface area contributed by atoms with Crippen molar-refractivity contribution in [2.24, 2.45) is 0 Å². The molecule has 0 spiro atoms. The average Bonchev–Trinajstić information content (AvgIpc) is 3.22. The molecular formula is C31H25N3O5.